The molecule has 6 heteroatoms. The molecule has 2 aliphatic heterocycles. The van der Waals surface area contributed by atoms with Gasteiger partial charge in [0.05, 0.1) is 0 Å². The van der Waals surface area contributed by atoms with Crippen molar-refractivity contribution in [1.82, 2.24) is 15.1 Å². The second kappa shape index (κ2) is 11.3. The predicted octanol–water partition coefficient (Wildman–Crippen LogP) is 3.37. The fraction of sp³-hybridized carbons (Fsp3) is 0.481. The molecule has 2 amide bonds. The van der Waals surface area contributed by atoms with Crippen LogP contribution in [0.5, 0.6) is 5.75 Å². The van der Waals surface area contributed by atoms with E-state index in [-0.39, 0.29) is 23.8 Å². The topological polar surface area (TPSA) is 61.9 Å². The van der Waals surface area contributed by atoms with Crippen molar-refractivity contribution in [1.29, 1.82) is 0 Å². The molecule has 0 aliphatic carbocycles. The van der Waals surface area contributed by atoms with Crippen molar-refractivity contribution in [3.8, 4) is 5.75 Å². The van der Waals surface area contributed by atoms with Gasteiger partial charge in [-0.1, -0.05) is 30.3 Å². The molecule has 0 radical (unpaired) electrons. The van der Waals surface area contributed by atoms with Crippen LogP contribution in [0.25, 0.3) is 0 Å². The van der Waals surface area contributed by atoms with Crippen molar-refractivity contribution in [2.24, 2.45) is 5.92 Å². The fourth-order valence-corrected chi connectivity index (χ4v) is 4.70. The lowest BCUT2D eigenvalue weighted by molar-refractivity contribution is -0.127. The molecule has 0 aromatic heterocycles. The van der Waals surface area contributed by atoms with Gasteiger partial charge in [-0.15, -0.1) is 0 Å². The van der Waals surface area contributed by atoms with Crippen molar-refractivity contribution < 1.29 is 14.3 Å². The Morgan fingerprint density at radius 3 is 2.45 bits per heavy atom. The third-order valence-corrected chi connectivity index (χ3v) is 6.74. The van der Waals surface area contributed by atoms with E-state index in [4.69, 9.17) is 4.74 Å². The zero-order chi connectivity index (χ0) is 23.0. The zero-order valence-corrected chi connectivity index (χ0v) is 19.5. The Balaban J connectivity index is 1.17. The molecule has 1 atom stereocenters. The van der Waals surface area contributed by atoms with Crippen LogP contribution in [0.4, 0.5) is 0 Å². The number of amides is 2. The van der Waals surface area contributed by atoms with E-state index in [2.05, 4.69) is 40.5 Å². The number of ether oxygens (including phenoxy) is 1. The van der Waals surface area contributed by atoms with E-state index in [1.165, 1.54) is 5.56 Å². The van der Waals surface area contributed by atoms with Gasteiger partial charge in [0, 0.05) is 57.2 Å². The first-order valence-corrected chi connectivity index (χ1v) is 12.2. The molecule has 2 fully saturated rings. The molecule has 176 valence electrons. The summed E-state index contributed by atoms with van der Waals surface area (Å²) in [5, 5.41) is 2.97. The summed E-state index contributed by atoms with van der Waals surface area (Å²) < 4.78 is 6.18. The maximum atomic E-state index is 12.5. The Labute approximate surface area is 196 Å². The Morgan fingerprint density at radius 2 is 1.79 bits per heavy atom. The van der Waals surface area contributed by atoms with Crippen LogP contribution < -0.4 is 10.1 Å². The predicted molar refractivity (Wildman–Crippen MR) is 129 cm³/mol. The number of hydrogen-bond acceptors (Lipinski definition) is 4. The van der Waals surface area contributed by atoms with Crippen molar-refractivity contribution in [2.75, 3.05) is 39.3 Å². The lowest BCUT2D eigenvalue weighted by atomic mass is 10.1. The minimum absolute atomic E-state index is 0.101. The molecule has 2 aliphatic rings. The van der Waals surface area contributed by atoms with E-state index in [0.717, 1.165) is 57.7 Å². The van der Waals surface area contributed by atoms with Gasteiger partial charge in [0.15, 0.2) is 0 Å². The van der Waals surface area contributed by atoms with Crippen LogP contribution in [-0.4, -0.2) is 67.0 Å². The highest BCUT2D eigenvalue weighted by atomic mass is 16.5. The highest BCUT2D eigenvalue weighted by Gasteiger charge is 2.28. The largest absolute Gasteiger partial charge is 0.490 e. The molecule has 4 rings (SSSR count). The number of nitrogens with one attached hydrogen (secondary N) is 1. The lowest BCUT2D eigenvalue weighted by Crippen LogP contribution is -2.39. The van der Waals surface area contributed by atoms with E-state index in [1.807, 2.05) is 36.1 Å². The number of benzene rings is 2. The Hall–Kier alpha value is -2.86. The minimum Gasteiger partial charge on any atom is -0.490 e. The quantitative estimate of drug-likeness (QED) is 0.638. The summed E-state index contributed by atoms with van der Waals surface area (Å²) >= 11 is 0. The summed E-state index contributed by atoms with van der Waals surface area (Å²) in [4.78, 5) is 28.7. The van der Waals surface area contributed by atoms with Gasteiger partial charge in [-0.05, 0) is 56.0 Å². The van der Waals surface area contributed by atoms with E-state index < -0.39 is 0 Å². The number of nitrogens with zero attached hydrogens (tertiary/aromatic N) is 2. The third kappa shape index (κ3) is 6.57. The maximum absolute atomic E-state index is 12.5. The van der Waals surface area contributed by atoms with Gasteiger partial charge in [-0.2, -0.15) is 0 Å². The van der Waals surface area contributed by atoms with Crippen LogP contribution in [0, 0.1) is 5.92 Å². The molecule has 0 unspecified atom stereocenters. The Morgan fingerprint density at radius 1 is 1.06 bits per heavy atom. The summed E-state index contributed by atoms with van der Waals surface area (Å²) in [5.41, 5.74) is 2.01. The Kier molecular flexibility index (Phi) is 8.00. The second-order valence-corrected chi connectivity index (χ2v) is 9.13. The van der Waals surface area contributed by atoms with Crippen molar-refractivity contribution in [2.45, 2.75) is 38.7 Å². The van der Waals surface area contributed by atoms with Gasteiger partial charge in [-0.3, -0.25) is 9.59 Å². The number of carbonyl (C=O) groups excluding carboxylic acids is 2. The highest BCUT2D eigenvalue weighted by molar-refractivity contribution is 5.94. The van der Waals surface area contributed by atoms with E-state index in [0.29, 0.717) is 18.5 Å². The smallest absolute Gasteiger partial charge is 0.251 e. The number of carbonyl (C=O) groups is 2. The summed E-state index contributed by atoms with van der Waals surface area (Å²) in [6.45, 7) is 7.17. The van der Waals surface area contributed by atoms with Gasteiger partial charge < -0.3 is 19.9 Å². The molecular weight excluding hydrogens is 414 g/mol. The number of likely N-dealkylation sites (tertiary alicyclic amines) is 2. The van der Waals surface area contributed by atoms with Crippen LogP contribution in [-0.2, 0) is 11.2 Å². The summed E-state index contributed by atoms with van der Waals surface area (Å²) in [7, 11) is 0. The maximum Gasteiger partial charge on any atom is 0.251 e. The highest BCUT2D eigenvalue weighted by Crippen LogP contribution is 2.21. The second-order valence-electron chi connectivity index (χ2n) is 9.13. The molecule has 2 saturated heterocycles. The molecule has 1 N–H and O–H groups in total. The standard InChI is InChI=1S/C27H35N3O3/c1-2-30-20-22(18-26(30)31)19-28-27(32)23-8-10-24(11-9-23)33-25-13-16-29(17-14-25)15-12-21-6-4-3-5-7-21/h3-11,22,25H,2,12-20H2,1H3,(H,28,32)/t22-/m1/s1. The molecule has 2 aromatic carbocycles. The van der Waals surface area contributed by atoms with Crippen molar-refractivity contribution in [3.05, 3.63) is 65.7 Å². The first-order valence-electron chi connectivity index (χ1n) is 12.2. The summed E-state index contributed by atoms with van der Waals surface area (Å²) in [6, 6.07) is 18.0. The minimum atomic E-state index is -0.101. The fourth-order valence-electron chi connectivity index (χ4n) is 4.70. The number of rotatable bonds is 9. The first kappa shape index (κ1) is 23.3. The van der Waals surface area contributed by atoms with Gasteiger partial charge in [0.1, 0.15) is 11.9 Å². The van der Waals surface area contributed by atoms with Crippen LogP contribution in [0.1, 0.15) is 42.1 Å². The van der Waals surface area contributed by atoms with Gasteiger partial charge in [0.25, 0.3) is 5.91 Å². The average molecular weight is 450 g/mol. The Bertz CT molecular complexity index is 908. The first-order chi connectivity index (χ1) is 16.1. The van der Waals surface area contributed by atoms with Crippen LogP contribution in [0.15, 0.2) is 54.6 Å². The SMILES string of the molecule is CCN1C[C@@H](CNC(=O)c2ccc(OC3CCN(CCc4ccccc4)CC3)cc2)CC1=O. The molecule has 33 heavy (non-hydrogen) atoms. The van der Waals surface area contributed by atoms with Crippen molar-refractivity contribution in [3.63, 3.8) is 0 Å². The van der Waals surface area contributed by atoms with Crippen LogP contribution in [0.3, 0.4) is 0 Å². The summed E-state index contributed by atoms with van der Waals surface area (Å²) in [6.07, 6.45) is 3.87. The van der Waals surface area contributed by atoms with Gasteiger partial charge in [0.2, 0.25) is 5.91 Å². The van der Waals surface area contributed by atoms with Crippen LogP contribution in [0.2, 0.25) is 0 Å². The zero-order valence-electron chi connectivity index (χ0n) is 19.5. The van der Waals surface area contributed by atoms with Gasteiger partial charge in [-0.25, -0.2) is 0 Å². The van der Waals surface area contributed by atoms with E-state index >= 15 is 0 Å². The monoisotopic (exact) mass is 449 g/mol. The van der Waals surface area contributed by atoms with Crippen molar-refractivity contribution >= 4 is 11.8 Å². The molecule has 2 aromatic rings. The summed E-state index contributed by atoms with van der Waals surface area (Å²) in [5.74, 6) is 1.09. The third-order valence-electron chi connectivity index (χ3n) is 6.74. The number of piperidine rings is 1. The van der Waals surface area contributed by atoms with E-state index in [9.17, 15) is 9.59 Å². The molecule has 6 nitrogen and oxygen atoms in total. The van der Waals surface area contributed by atoms with Gasteiger partial charge >= 0.3 is 0 Å². The molecular formula is C27H35N3O3. The average Bonchev–Trinajstić information content (AvgIpc) is 3.22. The van der Waals surface area contributed by atoms with Crippen LogP contribution >= 0.6 is 0 Å². The lowest BCUT2D eigenvalue weighted by Gasteiger charge is -2.32. The molecule has 0 saturated carbocycles. The normalized spacial score (nSPS) is 19.6. The van der Waals surface area contributed by atoms with E-state index in [1.54, 1.807) is 0 Å². The molecule has 0 spiro atoms. The molecule has 2 heterocycles. The number of hydrogen-bond donors (Lipinski definition) is 1. The molecule has 0 bridgehead atoms.